The molecule has 5 heteroatoms. The van der Waals surface area contributed by atoms with Crippen LogP contribution in [0.2, 0.25) is 0 Å². The van der Waals surface area contributed by atoms with Gasteiger partial charge in [0.25, 0.3) is 0 Å². The third kappa shape index (κ3) is 5.17. The molecule has 0 bridgehead atoms. The van der Waals surface area contributed by atoms with Crippen molar-refractivity contribution in [2.75, 3.05) is 26.2 Å². The summed E-state index contributed by atoms with van der Waals surface area (Å²) in [7, 11) is 0. The number of hydrogen-bond donors (Lipinski definition) is 2. The fraction of sp³-hybridized carbons (Fsp3) is 0.833. The number of likely N-dealkylation sites (tertiary alicyclic amines) is 1. The molecule has 1 saturated heterocycles. The van der Waals surface area contributed by atoms with Crippen LogP contribution in [-0.4, -0.2) is 48.9 Å². The van der Waals surface area contributed by atoms with Crippen LogP contribution in [0.25, 0.3) is 0 Å². The fourth-order valence-electron chi connectivity index (χ4n) is 2.14. The van der Waals surface area contributed by atoms with Crippen LogP contribution in [0.5, 0.6) is 0 Å². The lowest BCUT2D eigenvalue weighted by Crippen LogP contribution is -2.49. The maximum Gasteiger partial charge on any atom is 0.223 e. The summed E-state index contributed by atoms with van der Waals surface area (Å²) >= 11 is 0. The van der Waals surface area contributed by atoms with E-state index in [1.165, 1.54) is 6.92 Å². The van der Waals surface area contributed by atoms with Gasteiger partial charge in [-0.1, -0.05) is 6.92 Å². The van der Waals surface area contributed by atoms with Gasteiger partial charge < -0.3 is 15.5 Å². The Morgan fingerprint density at radius 3 is 2.82 bits per heavy atom. The van der Waals surface area contributed by atoms with Crippen molar-refractivity contribution in [2.24, 2.45) is 0 Å². The first-order chi connectivity index (χ1) is 8.13. The van der Waals surface area contributed by atoms with Gasteiger partial charge in [0.05, 0.1) is 0 Å². The largest absolute Gasteiger partial charge is 0.352 e. The summed E-state index contributed by atoms with van der Waals surface area (Å²) < 4.78 is 0. The van der Waals surface area contributed by atoms with Gasteiger partial charge >= 0.3 is 0 Å². The summed E-state index contributed by atoms with van der Waals surface area (Å²) in [4.78, 5) is 24.7. The van der Waals surface area contributed by atoms with Crippen LogP contribution in [0.4, 0.5) is 0 Å². The minimum Gasteiger partial charge on any atom is -0.352 e. The van der Waals surface area contributed by atoms with E-state index in [0.29, 0.717) is 13.0 Å². The Morgan fingerprint density at radius 2 is 2.18 bits per heavy atom. The van der Waals surface area contributed by atoms with Crippen LogP contribution in [-0.2, 0) is 9.59 Å². The molecule has 1 unspecified atom stereocenters. The second-order valence-electron chi connectivity index (χ2n) is 4.48. The SMILES string of the molecule is CCNCCC(=O)N1CCCC(NC(C)=O)C1. The molecule has 0 radical (unpaired) electrons. The molecule has 17 heavy (non-hydrogen) atoms. The van der Waals surface area contributed by atoms with E-state index in [2.05, 4.69) is 10.6 Å². The van der Waals surface area contributed by atoms with E-state index < -0.39 is 0 Å². The first-order valence-electron chi connectivity index (χ1n) is 6.39. The highest BCUT2D eigenvalue weighted by molar-refractivity contribution is 5.77. The molecule has 0 aliphatic carbocycles. The lowest BCUT2D eigenvalue weighted by Gasteiger charge is -2.33. The van der Waals surface area contributed by atoms with E-state index >= 15 is 0 Å². The van der Waals surface area contributed by atoms with Crippen LogP contribution in [0.1, 0.15) is 33.1 Å². The predicted octanol–water partition coefficient (Wildman–Crippen LogP) is 0.113. The number of piperidine rings is 1. The highest BCUT2D eigenvalue weighted by atomic mass is 16.2. The third-order valence-electron chi connectivity index (χ3n) is 2.95. The van der Waals surface area contributed by atoms with Gasteiger partial charge in [-0.3, -0.25) is 9.59 Å². The molecule has 1 aliphatic heterocycles. The number of nitrogens with one attached hydrogen (secondary N) is 2. The molecule has 0 aromatic heterocycles. The highest BCUT2D eigenvalue weighted by Gasteiger charge is 2.23. The number of amides is 2. The van der Waals surface area contributed by atoms with Crippen LogP contribution >= 0.6 is 0 Å². The molecule has 1 heterocycles. The van der Waals surface area contributed by atoms with E-state index in [0.717, 1.165) is 32.5 Å². The Balaban J connectivity index is 2.32. The summed E-state index contributed by atoms with van der Waals surface area (Å²) in [6, 6.07) is 0.129. The zero-order valence-electron chi connectivity index (χ0n) is 10.8. The van der Waals surface area contributed by atoms with Gasteiger partial charge in [-0.05, 0) is 19.4 Å². The normalized spacial score (nSPS) is 20.1. The average Bonchev–Trinajstić information content (AvgIpc) is 2.28. The average molecular weight is 241 g/mol. The number of carbonyl (C=O) groups is 2. The molecule has 1 atom stereocenters. The zero-order chi connectivity index (χ0) is 12.7. The van der Waals surface area contributed by atoms with Crippen molar-refractivity contribution in [1.29, 1.82) is 0 Å². The fourth-order valence-corrected chi connectivity index (χ4v) is 2.14. The second kappa shape index (κ2) is 7.27. The quantitative estimate of drug-likeness (QED) is 0.672. The molecule has 1 rings (SSSR count). The number of hydrogen-bond acceptors (Lipinski definition) is 3. The van der Waals surface area contributed by atoms with E-state index in [1.54, 1.807) is 0 Å². The van der Waals surface area contributed by atoms with Crippen molar-refractivity contribution in [1.82, 2.24) is 15.5 Å². The van der Waals surface area contributed by atoms with Crippen LogP contribution in [0.3, 0.4) is 0 Å². The van der Waals surface area contributed by atoms with Crippen LogP contribution in [0.15, 0.2) is 0 Å². The molecule has 5 nitrogen and oxygen atoms in total. The Bertz CT molecular complexity index is 268. The summed E-state index contributed by atoms with van der Waals surface area (Å²) in [5.41, 5.74) is 0. The molecule has 98 valence electrons. The number of carbonyl (C=O) groups excluding carboxylic acids is 2. The van der Waals surface area contributed by atoms with E-state index in [1.807, 2.05) is 11.8 Å². The van der Waals surface area contributed by atoms with Gasteiger partial charge in [-0.2, -0.15) is 0 Å². The molecular weight excluding hydrogens is 218 g/mol. The van der Waals surface area contributed by atoms with E-state index in [4.69, 9.17) is 0 Å². The van der Waals surface area contributed by atoms with Gasteiger partial charge in [-0.15, -0.1) is 0 Å². The maximum absolute atomic E-state index is 11.9. The third-order valence-corrected chi connectivity index (χ3v) is 2.95. The smallest absolute Gasteiger partial charge is 0.223 e. The summed E-state index contributed by atoms with van der Waals surface area (Å²) in [6.07, 6.45) is 2.48. The summed E-state index contributed by atoms with van der Waals surface area (Å²) in [5, 5.41) is 6.03. The first-order valence-corrected chi connectivity index (χ1v) is 6.39. The molecule has 2 N–H and O–H groups in total. The van der Waals surface area contributed by atoms with Crippen molar-refractivity contribution in [3.8, 4) is 0 Å². The van der Waals surface area contributed by atoms with Gasteiger partial charge in [-0.25, -0.2) is 0 Å². The standard InChI is InChI=1S/C12H23N3O2/c1-3-13-7-6-12(17)15-8-4-5-11(9-15)14-10(2)16/h11,13H,3-9H2,1-2H3,(H,14,16). The molecule has 0 aromatic rings. The molecular formula is C12H23N3O2. The highest BCUT2D eigenvalue weighted by Crippen LogP contribution is 2.11. The van der Waals surface area contributed by atoms with Crippen LogP contribution < -0.4 is 10.6 Å². The molecule has 0 spiro atoms. The summed E-state index contributed by atoms with van der Waals surface area (Å²) in [5.74, 6) is 0.165. The van der Waals surface area contributed by atoms with E-state index in [-0.39, 0.29) is 17.9 Å². The Hall–Kier alpha value is -1.10. The van der Waals surface area contributed by atoms with Crippen molar-refractivity contribution < 1.29 is 9.59 Å². The van der Waals surface area contributed by atoms with Gasteiger partial charge in [0.1, 0.15) is 0 Å². The Labute approximate surface area is 103 Å². The Morgan fingerprint density at radius 1 is 1.41 bits per heavy atom. The summed E-state index contributed by atoms with van der Waals surface area (Å²) in [6.45, 7) is 6.65. The monoisotopic (exact) mass is 241 g/mol. The van der Waals surface area contributed by atoms with Gasteiger partial charge in [0, 0.05) is 39.0 Å². The lowest BCUT2D eigenvalue weighted by atomic mass is 10.1. The topological polar surface area (TPSA) is 61.4 Å². The van der Waals surface area contributed by atoms with E-state index in [9.17, 15) is 9.59 Å². The van der Waals surface area contributed by atoms with Crippen molar-refractivity contribution in [2.45, 2.75) is 39.2 Å². The van der Waals surface area contributed by atoms with Crippen molar-refractivity contribution in [3.05, 3.63) is 0 Å². The van der Waals surface area contributed by atoms with Gasteiger partial charge in [0.15, 0.2) is 0 Å². The van der Waals surface area contributed by atoms with Crippen LogP contribution in [0, 0.1) is 0 Å². The predicted molar refractivity (Wildman–Crippen MR) is 66.6 cm³/mol. The van der Waals surface area contributed by atoms with Gasteiger partial charge in [0.2, 0.25) is 11.8 Å². The molecule has 0 saturated carbocycles. The van der Waals surface area contributed by atoms with Crippen molar-refractivity contribution in [3.63, 3.8) is 0 Å². The van der Waals surface area contributed by atoms with Crippen molar-refractivity contribution >= 4 is 11.8 Å². The second-order valence-corrected chi connectivity index (χ2v) is 4.48. The Kier molecular flexibility index (Phi) is 5.97. The first kappa shape index (κ1) is 14.0. The molecule has 1 aliphatic rings. The number of rotatable bonds is 5. The number of nitrogens with zero attached hydrogens (tertiary/aromatic N) is 1. The molecule has 2 amide bonds. The minimum absolute atomic E-state index is 0.0167. The zero-order valence-corrected chi connectivity index (χ0v) is 10.8. The minimum atomic E-state index is -0.0167. The molecule has 0 aromatic carbocycles. The molecule has 1 fully saturated rings. The lowest BCUT2D eigenvalue weighted by molar-refractivity contribution is -0.133. The maximum atomic E-state index is 11.9.